The van der Waals surface area contributed by atoms with Crippen LogP contribution in [0, 0.1) is 13.8 Å². The number of hydrogen-bond acceptors (Lipinski definition) is 5. The summed E-state index contributed by atoms with van der Waals surface area (Å²) in [6.07, 6.45) is 3.18. The number of hydrogen-bond donors (Lipinski definition) is 1. The molecule has 0 aliphatic carbocycles. The van der Waals surface area contributed by atoms with Crippen LogP contribution in [-0.4, -0.2) is 26.0 Å². The van der Waals surface area contributed by atoms with E-state index in [1.54, 1.807) is 18.5 Å². The van der Waals surface area contributed by atoms with Gasteiger partial charge in [0, 0.05) is 6.20 Å². The first-order valence-electron chi connectivity index (χ1n) is 5.24. The number of nitrogens with zero attached hydrogens (tertiary/aromatic N) is 3. The molecule has 2 rings (SSSR count). The second kappa shape index (κ2) is 5.14. The number of aryl methyl sites for hydroxylation is 2. The van der Waals surface area contributed by atoms with E-state index < -0.39 is 5.97 Å². The molecule has 0 aliphatic rings. The predicted molar refractivity (Wildman–Crippen MR) is 66.8 cm³/mol. The molecule has 0 aliphatic heterocycles. The summed E-state index contributed by atoms with van der Waals surface area (Å²) in [6.45, 7) is 3.74. The molecule has 0 radical (unpaired) electrons. The molecule has 0 spiro atoms. The maximum Gasteiger partial charge on any atom is 0.338 e. The SMILES string of the molecule is Cc1ncc(Sc2ncccc2C(=O)O)nc1C. The van der Waals surface area contributed by atoms with Crippen LogP contribution in [0.5, 0.6) is 0 Å². The zero-order valence-corrected chi connectivity index (χ0v) is 10.7. The summed E-state index contributed by atoms with van der Waals surface area (Å²) in [5.74, 6) is -0.998. The van der Waals surface area contributed by atoms with E-state index in [1.165, 1.54) is 17.8 Å². The monoisotopic (exact) mass is 261 g/mol. The van der Waals surface area contributed by atoms with Crippen molar-refractivity contribution < 1.29 is 9.90 Å². The van der Waals surface area contributed by atoms with Gasteiger partial charge < -0.3 is 5.11 Å². The number of carboxylic acids is 1. The summed E-state index contributed by atoms with van der Waals surface area (Å²) in [7, 11) is 0. The number of pyridine rings is 1. The van der Waals surface area contributed by atoms with Gasteiger partial charge in [0.05, 0.1) is 23.1 Å². The van der Waals surface area contributed by atoms with Gasteiger partial charge in [0.25, 0.3) is 0 Å². The largest absolute Gasteiger partial charge is 0.478 e. The van der Waals surface area contributed by atoms with Crippen LogP contribution < -0.4 is 0 Å². The van der Waals surface area contributed by atoms with Gasteiger partial charge in [-0.25, -0.2) is 14.8 Å². The molecule has 5 nitrogen and oxygen atoms in total. The molecule has 2 aromatic heterocycles. The van der Waals surface area contributed by atoms with Crippen molar-refractivity contribution in [1.82, 2.24) is 15.0 Å². The lowest BCUT2D eigenvalue weighted by molar-refractivity contribution is 0.0692. The van der Waals surface area contributed by atoms with Gasteiger partial charge in [-0.2, -0.15) is 0 Å². The van der Waals surface area contributed by atoms with Crippen molar-refractivity contribution in [3.8, 4) is 0 Å². The highest BCUT2D eigenvalue weighted by atomic mass is 32.2. The van der Waals surface area contributed by atoms with Gasteiger partial charge in [0.1, 0.15) is 10.1 Å². The van der Waals surface area contributed by atoms with Crippen molar-refractivity contribution in [3.63, 3.8) is 0 Å². The van der Waals surface area contributed by atoms with E-state index in [-0.39, 0.29) is 5.56 Å². The number of rotatable bonds is 3. The van der Waals surface area contributed by atoms with E-state index in [0.717, 1.165) is 11.4 Å². The van der Waals surface area contributed by atoms with Crippen LogP contribution in [0.2, 0.25) is 0 Å². The van der Waals surface area contributed by atoms with E-state index in [2.05, 4.69) is 15.0 Å². The molecule has 0 unspecified atom stereocenters. The zero-order chi connectivity index (χ0) is 13.1. The van der Waals surface area contributed by atoms with Crippen molar-refractivity contribution in [2.75, 3.05) is 0 Å². The molecule has 0 saturated heterocycles. The maximum absolute atomic E-state index is 11.0. The van der Waals surface area contributed by atoms with Crippen LogP contribution in [0.3, 0.4) is 0 Å². The lowest BCUT2D eigenvalue weighted by Crippen LogP contribution is -2.01. The standard InChI is InChI=1S/C12H11N3O2S/c1-7-8(2)15-10(6-14-7)18-11-9(12(16)17)4-3-5-13-11/h3-6H,1-2H3,(H,16,17). The Morgan fingerprint density at radius 3 is 2.72 bits per heavy atom. The van der Waals surface area contributed by atoms with Crippen LogP contribution in [0.1, 0.15) is 21.7 Å². The Hall–Kier alpha value is -1.95. The molecular weight excluding hydrogens is 250 g/mol. The van der Waals surface area contributed by atoms with Crippen LogP contribution in [0.4, 0.5) is 0 Å². The number of aromatic carboxylic acids is 1. The van der Waals surface area contributed by atoms with Gasteiger partial charge in [-0.05, 0) is 37.7 Å². The summed E-state index contributed by atoms with van der Waals surface area (Å²) < 4.78 is 0. The molecule has 92 valence electrons. The van der Waals surface area contributed by atoms with Crippen LogP contribution in [0.25, 0.3) is 0 Å². The third kappa shape index (κ3) is 2.65. The molecule has 2 heterocycles. The van der Waals surface area contributed by atoms with Gasteiger partial charge in [-0.15, -0.1) is 0 Å². The Balaban J connectivity index is 2.34. The van der Waals surface area contributed by atoms with Crippen LogP contribution in [-0.2, 0) is 0 Å². The lowest BCUT2D eigenvalue weighted by Gasteiger charge is -2.05. The minimum Gasteiger partial charge on any atom is -0.478 e. The summed E-state index contributed by atoms with van der Waals surface area (Å²) in [5.41, 5.74) is 1.86. The first-order valence-corrected chi connectivity index (χ1v) is 6.06. The van der Waals surface area contributed by atoms with E-state index in [0.29, 0.717) is 10.1 Å². The molecule has 18 heavy (non-hydrogen) atoms. The van der Waals surface area contributed by atoms with Gasteiger partial charge >= 0.3 is 5.97 Å². The molecule has 0 aromatic carbocycles. The van der Waals surface area contributed by atoms with Gasteiger partial charge in [0.15, 0.2) is 0 Å². The Kier molecular flexibility index (Phi) is 3.57. The Morgan fingerprint density at radius 2 is 2.06 bits per heavy atom. The van der Waals surface area contributed by atoms with Crippen molar-refractivity contribution >= 4 is 17.7 Å². The molecule has 0 amide bonds. The fraction of sp³-hybridized carbons (Fsp3) is 0.167. The smallest absolute Gasteiger partial charge is 0.338 e. The minimum atomic E-state index is -0.998. The average molecular weight is 261 g/mol. The molecule has 6 heteroatoms. The van der Waals surface area contributed by atoms with Crippen molar-refractivity contribution in [3.05, 3.63) is 41.5 Å². The zero-order valence-electron chi connectivity index (χ0n) is 9.91. The van der Waals surface area contributed by atoms with E-state index in [9.17, 15) is 4.79 Å². The first-order chi connectivity index (χ1) is 8.58. The van der Waals surface area contributed by atoms with Crippen molar-refractivity contribution in [2.24, 2.45) is 0 Å². The number of aromatic nitrogens is 3. The second-order valence-electron chi connectivity index (χ2n) is 3.64. The topological polar surface area (TPSA) is 76.0 Å². The Labute approximate surface area is 108 Å². The van der Waals surface area contributed by atoms with Gasteiger partial charge in [-0.1, -0.05) is 0 Å². The highest BCUT2D eigenvalue weighted by Crippen LogP contribution is 2.27. The molecule has 0 fully saturated rings. The Bertz CT molecular complexity index is 602. The minimum absolute atomic E-state index is 0.169. The fourth-order valence-corrected chi connectivity index (χ4v) is 2.17. The summed E-state index contributed by atoms with van der Waals surface area (Å²) in [4.78, 5) is 23.6. The molecule has 0 saturated carbocycles. The van der Waals surface area contributed by atoms with E-state index in [4.69, 9.17) is 5.11 Å². The number of carbonyl (C=O) groups is 1. The van der Waals surface area contributed by atoms with Crippen molar-refractivity contribution in [1.29, 1.82) is 0 Å². The highest BCUT2D eigenvalue weighted by Gasteiger charge is 2.12. The molecule has 1 N–H and O–H groups in total. The summed E-state index contributed by atoms with van der Waals surface area (Å²) in [6, 6.07) is 3.12. The molecule has 0 atom stereocenters. The van der Waals surface area contributed by atoms with Crippen molar-refractivity contribution in [2.45, 2.75) is 23.9 Å². The highest BCUT2D eigenvalue weighted by molar-refractivity contribution is 7.99. The predicted octanol–water partition coefficient (Wildman–Crippen LogP) is 2.34. The van der Waals surface area contributed by atoms with Crippen LogP contribution in [0.15, 0.2) is 34.6 Å². The van der Waals surface area contributed by atoms with Crippen LogP contribution >= 0.6 is 11.8 Å². The fourth-order valence-electron chi connectivity index (χ4n) is 1.30. The third-order valence-electron chi connectivity index (χ3n) is 2.37. The average Bonchev–Trinajstić information content (AvgIpc) is 2.34. The quantitative estimate of drug-likeness (QED) is 0.913. The lowest BCUT2D eigenvalue weighted by atomic mass is 10.3. The third-order valence-corrected chi connectivity index (χ3v) is 3.30. The molecule has 2 aromatic rings. The van der Waals surface area contributed by atoms with E-state index in [1.807, 2.05) is 13.8 Å². The van der Waals surface area contributed by atoms with E-state index >= 15 is 0 Å². The summed E-state index contributed by atoms with van der Waals surface area (Å²) >= 11 is 1.20. The number of carboxylic acid groups (broad SMARTS) is 1. The summed E-state index contributed by atoms with van der Waals surface area (Å²) in [5, 5.41) is 10.1. The maximum atomic E-state index is 11.0. The Morgan fingerprint density at radius 1 is 1.28 bits per heavy atom. The first kappa shape index (κ1) is 12.5. The van der Waals surface area contributed by atoms with Gasteiger partial charge in [0.2, 0.25) is 0 Å². The molecule has 0 bridgehead atoms. The molecular formula is C12H11N3O2S. The second-order valence-corrected chi connectivity index (χ2v) is 4.65. The normalized spacial score (nSPS) is 10.3. The van der Waals surface area contributed by atoms with Gasteiger partial charge in [-0.3, -0.25) is 4.98 Å².